The number of para-hydroxylation sites is 1. The van der Waals surface area contributed by atoms with Crippen LogP contribution in [0.15, 0.2) is 54.2 Å². The van der Waals surface area contributed by atoms with Gasteiger partial charge in [0.2, 0.25) is 0 Å². The summed E-state index contributed by atoms with van der Waals surface area (Å²) < 4.78 is 21.4. The van der Waals surface area contributed by atoms with Crippen LogP contribution >= 0.6 is 0 Å². The number of carbonyl (C=O) groups is 1. The molecule has 2 rings (SSSR count). The summed E-state index contributed by atoms with van der Waals surface area (Å²) in [7, 11) is 4.64. The number of methoxy groups -OCH3 is 3. The van der Waals surface area contributed by atoms with Crippen LogP contribution in [-0.2, 0) is 11.2 Å². The largest absolute Gasteiger partial charge is 0.493 e. The maximum atomic E-state index is 12.0. The van der Waals surface area contributed by atoms with Crippen molar-refractivity contribution in [1.29, 1.82) is 0 Å². The molecule has 0 bridgehead atoms. The van der Waals surface area contributed by atoms with Gasteiger partial charge < -0.3 is 18.9 Å². The molecule has 0 aliphatic heterocycles. The molecule has 7 heteroatoms. The number of carbonyl (C=O) groups excluding carboxylic acids is 1. The lowest BCUT2D eigenvalue weighted by atomic mass is 10.1. The maximum Gasteiger partial charge on any atom is 0.277 e. The second-order valence-electron chi connectivity index (χ2n) is 5.64. The first-order chi connectivity index (χ1) is 13.6. The van der Waals surface area contributed by atoms with Crippen molar-refractivity contribution in [1.82, 2.24) is 5.43 Å². The van der Waals surface area contributed by atoms with E-state index in [1.54, 1.807) is 44.6 Å². The van der Waals surface area contributed by atoms with Gasteiger partial charge in [0, 0.05) is 5.56 Å². The Morgan fingerprint density at radius 3 is 2.54 bits per heavy atom. The van der Waals surface area contributed by atoms with Crippen LogP contribution in [0.25, 0.3) is 0 Å². The van der Waals surface area contributed by atoms with Crippen LogP contribution in [0.3, 0.4) is 0 Å². The predicted octanol–water partition coefficient (Wildman–Crippen LogP) is 2.97. The summed E-state index contributed by atoms with van der Waals surface area (Å²) >= 11 is 0. The second-order valence-corrected chi connectivity index (χ2v) is 5.64. The molecule has 2 aromatic rings. The summed E-state index contributed by atoms with van der Waals surface area (Å²) in [5, 5.41) is 3.94. The lowest BCUT2D eigenvalue weighted by Gasteiger charge is -2.11. The van der Waals surface area contributed by atoms with Crippen molar-refractivity contribution >= 4 is 12.1 Å². The minimum Gasteiger partial charge on any atom is -0.493 e. The van der Waals surface area contributed by atoms with Gasteiger partial charge in [0.25, 0.3) is 5.91 Å². The molecule has 0 unspecified atom stereocenters. The Balaban J connectivity index is 1.95. The molecule has 0 fully saturated rings. The highest BCUT2D eigenvalue weighted by Gasteiger charge is 2.09. The second kappa shape index (κ2) is 10.6. The fourth-order valence-electron chi connectivity index (χ4n) is 2.49. The van der Waals surface area contributed by atoms with Gasteiger partial charge in [-0.05, 0) is 36.2 Å². The van der Waals surface area contributed by atoms with Crippen LogP contribution < -0.4 is 24.4 Å². The van der Waals surface area contributed by atoms with E-state index in [9.17, 15) is 4.79 Å². The zero-order valence-electron chi connectivity index (χ0n) is 16.2. The van der Waals surface area contributed by atoms with Crippen LogP contribution in [0.1, 0.15) is 11.1 Å². The number of hydrogen-bond acceptors (Lipinski definition) is 6. The van der Waals surface area contributed by atoms with Crippen molar-refractivity contribution in [3.8, 4) is 23.0 Å². The van der Waals surface area contributed by atoms with Crippen LogP contribution in [0, 0.1) is 0 Å². The van der Waals surface area contributed by atoms with Gasteiger partial charge >= 0.3 is 0 Å². The minimum atomic E-state index is -0.407. The van der Waals surface area contributed by atoms with Crippen molar-refractivity contribution < 1.29 is 23.7 Å². The van der Waals surface area contributed by atoms with Crippen molar-refractivity contribution in [3.63, 3.8) is 0 Å². The molecule has 0 aliphatic carbocycles. The average Bonchev–Trinajstić information content (AvgIpc) is 2.72. The zero-order chi connectivity index (χ0) is 20.4. The first-order valence-corrected chi connectivity index (χ1v) is 8.56. The van der Waals surface area contributed by atoms with E-state index in [2.05, 4.69) is 17.1 Å². The van der Waals surface area contributed by atoms with Crippen LogP contribution in [0.2, 0.25) is 0 Å². The number of nitrogens with one attached hydrogen (secondary N) is 1. The number of allylic oxidation sites excluding steroid dienone is 1. The lowest BCUT2D eigenvalue weighted by Crippen LogP contribution is -2.24. The topological polar surface area (TPSA) is 78.4 Å². The van der Waals surface area contributed by atoms with Crippen LogP contribution in [0.4, 0.5) is 0 Å². The first-order valence-electron chi connectivity index (χ1n) is 8.56. The molecule has 0 aromatic heterocycles. The van der Waals surface area contributed by atoms with Gasteiger partial charge in [-0.1, -0.05) is 18.2 Å². The molecule has 28 heavy (non-hydrogen) atoms. The van der Waals surface area contributed by atoms with E-state index in [1.165, 1.54) is 13.3 Å². The van der Waals surface area contributed by atoms with Crippen molar-refractivity contribution in [3.05, 3.63) is 60.2 Å². The highest BCUT2D eigenvalue weighted by molar-refractivity contribution is 5.86. The molecule has 0 radical (unpaired) electrons. The Hall–Kier alpha value is -3.48. The Morgan fingerprint density at radius 2 is 1.86 bits per heavy atom. The molecule has 7 nitrogen and oxygen atoms in total. The Bertz CT molecular complexity index is 849. The summed E-state index contributed by atoms with van der Waals surface area (Å²) in [5.74, 6) is 1.73. The normalized spacial score (nSPS) is 10.4. The van der Waals surface area contributed by atoms with Gasteiger partial charge in [-0.2, -0.15) is 5.10 Å². The molecular weight excluding hydrogens is 360 g/mol. The molecule has 0 aliphatic rings. The number of ether oxygens (including phenoxy) is 4. The van der Waals surface area contributed by atoms with Gasteiger partial charge in [-0.3, -0.25) is 4.79 Å². The summed E-state index contributed by atoms with van der Waals surface area (Å²) in [6, 6.07) is 10.9. The van der Waals surface area contributed by atoms with Crippen molar-refractivity contribution in [2.45, 2.75) is 6.42 Å². The van der Waals surface area contributed by atoms with Gasteiger partial charge in [-0.25, -0.2) is 5.43 Å². The fourth-order valence-corrected chi connectivity index (χ4v) is 2.49. The van der Waals surface area contributed by atoms with E-state index in [0.717, 1.165) is 12.0 Å². The highest BCUT2D eigenvalue weighted by Crippen LogP contribution is 2.29. The molecule has 1 amide bonds. The SMILES string of the molecule is C=CCc1ccc(OCC(=O)NN=Cc2cccc(OC)c2OC)c(OC)c1. The van der Waals surface area contributed by atoms with E-state index in [1.807, 2.05) is 12.1 Å². The smallest absolute Gasteiger partial charge is 0.277 e. The van der Waals surface area contributed by atoms with Gasteiger partial charge in [-0.15, -0.1) is 6.58 Å². The highest BCUT2D eigenvalue weighted by atomic mass is 16.5. The molecule has 2 aromatic carbocycles. The van der Waals surface area contributed by atoms with E-state index >= 15 is 0 Å². The third-order valence-corrected chi connectivity index (χ3v) is 3.79. The molecule has 0 saturated carbocycles. The third-order valence-electron chi connectivity index (χ3n) is 3.79. The van der Waals surface area contributed by atoms with Crippen molar-refractivity contribution in [2.24, 2.45) is 5.10 Å². The van der Waals surface area contributed by atoms with Gasteiger partial charge in [0.1, 0.15) is 0 Å². The molecule has 0 spiro atoms. The van der Waals surface area contributed by atoms with Crippen LogP contribution in [-0.4, -0.2) is 40.1 Å². The molecule has 0 heterocycles. The molecule has 1 N–H and O–H groups in total. The average molecular weight is 384 g/mol. The van der Waals surface area contributed by atoms with Gasteiger partial charge in [0.05, 0.1) is 27.5 Å². The third kappa shape index (κ3) is 5.51. The Kier molecular flexibility index (Phi) is 7.90. The minimum absolute atomic E-state index is 0.205. The summed E-state index contributed by atoms with van der Waals surface area (Å²) in [5.41, 5.74) is 4.13. The quantitative estimate of drug-likeness (QED) is 0.387. The van der Waals surface area contributed by atoms with Gasteiger partial charge in [0.15, 0.2) is 29.6 Å². The van der Waals surface area contributed by atoms with E-state index < -0.39 is 5.91 Å². The standard InChI is InChI=1S/C21H24N2O5/c1-5-7-15-10-11-17(19(12-15)26-3)28-14-20(24)23-22-13-16-8-6-9-18(25-2)21(16)27-4/h5-6,8-13H,1,7,14H2,2-4H3,(H,23,24). The molecular formula is C21H24N2O5. The maximum absolute atomic E-state index is 12.0. The van der Waals surface area contributed by atoms with Crippen molar-refractivity contribution in [2.75, 3.05) is 27.9 Å². The summed E-state index contributed by atoms with van der Waals surface area (Å²) in [6.45, 7) is 3.51. The molecule has 0 saturated heterocycles. The fraction of sp³-hybridized carbons (Fsp3) is 0.238. The zero-order valence-corrected chi connectivity index (χ0v) is 16.2. The monoisotopic (exact) mass is 384 g/mol. The number of hydrazone groups is 1. The summed E-state index contributed by atoms with van der Waals surface area (Å²) in [4.78, 5) is 12.0. The Labute approximate surface area is 164 Å². The Morgan fingerprint density at radius 1 is 1.07 bits per heavy atom. The number of hydrogen-bond donors (Lipinski definition) is 1. The number of benzene rings is 2. The predicted molar refractivity (Wildman–Crippen MR) is 108 cm³/mol. The molecule has 148 valence electrons. The number of rotatable bonds is 10. The van der Waals surface area contributed by atoms with Crippen LogP contribution in [0.5, 0.6) is 23.0 Å². The van der Waals surface area contributed by atoms with E-state index in [4.69, 9.17) is 18.9 Å². The van der Waals surface area contributed by atoms with E-state index in [-0.39, 0.29) is 6.61 Å². The number of nitrogens with zero attached hydrogens (tertiary/aromatic N) is 1. The number of amides is 1. The molecule has 0 atom stereocenters. The first kappa shape index (κ1) is 20.8. The van der Waals surface area contributed by atoms with E-state index in [0.29, 0.717) is 28.6 Å². The summed E-state index contributed by atoms with van der Waals surface area (Å²) in [6.07, 6.45) is 4.00. The lowest BCUT2D eigenvalue weighted by molar-refractivity contribution is -0.123.